The summed E-state index contributed by atoms with van der Waals surface area (Å²) in [6.45, 7) is 8.48. The zero-order chi connectivity index (χ0) is 19.6. The van der Waals surface area contributed by atoms with Crippen molar-refractivity contribution in [3.05, 3.63) is 29.3 Å². The fraction of sp³-hybridized carbons (Fsp3) is 0.650. The number of rotatable bonds is 6. The Labute approximate surface area is 163 Å². The lowest BCUT2D eigenvalue weighted by atomic mass is 10.1. The number of benzene rings is 1. The molecule has 1 aliphatic carbocycles. The Bertz CT molecular complexity index is 784. The van der Waals surface area contributed by atoms with Crippen molar-refractivity contribution < 1.29 is 13.2 Å². The van der Waals surface area contributed by atoms with Gasteiger partial charge in [0.25, 0.3) is 0 Å². The van der Waals surface area contributed by atoms with Gasteiger partial charge in [0.1, 0.15) is 0 Å². The third kappa shape index (κ3) is 4.70. The lowest BCUT2D eigenvalue weighted by Gasteiger charge is -2.34. The zero-order valence-electron chi connectivity index (χ0n) is 16.6. The maximum Gasteiger partial charge on any atom is 0.243 e. The highest BCUT2D eigenvalue weighted by molar-refractivity contribution is 7.89. The molecule has 1 amide bonds. The van der Waals surface area contributed by atoms with Gasteiger partial charge in [-0.3, -0.25) is 9.69 Å². The molecule has 0 saturated carbocycles. The van der Waals surface area contributed by atoms with Crippen LogP contribution in [-0.4, -0.2) is 62.3 Å². The van der Waals surface area contributed by atoms with E-state index in [2.05, 4.69) is 19.2 Å². The van der Waals surface area contributed by atoms with Crippen molar-refractivity contribution in [1.82, 2.24) is 14.5 Å². The number of hydrogen-bond donors (Lipinski definition) is 1. The van der Waals surface area contributed by atoms with Gasteiger partial charge in [-0.25, -0.2) is 8.42 Å². The van der Waals surface area contributed by atoms with Gasteiger partial charge in [0.15, 0.2) is 0 Å². The molecule has 1 fully saturated rings. The Kier molecular flexibility index (Phi) is 6.23. The molecule has 0 unspecified atom stereocenters. The molecule has 1 saturated heterocycles. The smallest absolute Gasteiger partial charge is 0.243 e. The first kappa shape index (κ1) is 20.3. The highest BCUT2D eigenvalue weighted by Gasteiger charge is 2.30. The number of piperazine rings is 1. The van der Waals surface area contributed by atoms with Gasteiger partial charge >= 0.3 is 0 Å². The van der Waals surface area contributed by atoms with Crippen LogP contribution < -0.4 is 5.32 Å². The Morgan fingerprint density at radius 3 is 2.41 bits per heavy atom. The van der Waals surface area contributed by atoms with Gasteiger partial charge in [-0.15, -0.1) is 0 Å². The van der Waals surface area contributed by atoms with Crippen LogP contribution in [-0.2, 0) is 27.7 Å². The average molecular weight is 394 g/mol. The number of fused-ring (bicyclic) bond motifs is 1. The van der Waals surface area contributed by atoms with Crippen molar-refractivity contribution >= 4 is 15.9 Å². The predicted molar refractivity (Wildman–Crippen MR) is 106 cm³/mol. The predicted octanol–water partition coefficient (Wildman–Crippen LogP) is 1.64. The Balaban J connectivity index is 1.56. The summed E-state index contributed by atoms with van der Waals surface area (Å²) in [5, 5.41) is 3.01. The Morgan fingerprint density at radius 1 is 1.07 bits per heavy atom. The molecule has 1 heterocycles. The molecule has 0 bridgehead atoms. The molecule has 1 aromatic carbocycles. The third-order valence-electron chi connectivity index (χ3n) is 5.79. The van der Waals surface area contributed by atoms with Gasteiger partial charge in [0.2, 0.25) is 15.9 Å². The van der Waals surface area contributed by atoms with Crippen molar-refractivity contribution in [2.45, 2.75) is 51.0 Å². The fourth-order valence-corrected chi connectivity index (χ4v) is 5.13. The molecule has 1 atom stereocenters. The normalized spacial score (nSPS) is 19.9. The second kappa shape index (κ2) is 8.29. The monoisotopic (exact) mass is 393 g/mol. The lowest BCUT2D eigenvalue weighted by Crippen LogP contribution is -2.51. The number of carbonyl (C=O) groups excluding carboxylic acids is 1. The molecule has 0 spiro atoms. The van der Waals surface area contributed by atoms with Crippen LogP contribution in [0.1, 0.15) is 38.3 Å². The summed E-state index contributed by atoms with van der Waals surface area (Å²) in [5.41, 5.74) is 2.45. The van der Waals surface area contributed by atoms with E-state index >= 15 is 0 Å². The van der Waals surface area contributed by atoms with Crippen LogP contribution in [0, 0.1) is 5.92 Å². The van der Waals surface area contributed by atoms with Crippen LogP contribution in [0.25, 0.3) is 0 Å². The van der Waals surface area contributed by atoms with Crippen molar-refractivity contribution in [2.75, 3.05) is 32.7 Å². The topological polar surface area (TPSA) is 69.7 Å². The van der Waals surface area contributed by atoms with Crippen LogP contribution >= 0.6 is 0 Å². The van der Waals surface area contributed by atoms with E-state index in [1.165, 1.54) is 11.1 Å². The molecule has 1 N–H and O–H groups in total. The average Bonchev–Trinajstić information content (AvgIpc) is 3.09. The first-order chi connectivity index (χ1) is 12.8. The van der Waals surface area contributed by atoms with E-state index < -0.39 is 10.0 Å². The summed E-state index contributed by atoms with van der Waals surface area (Å²) in [5.74, 6) is 0.398. The van der Waals surface area contributed by atoms with Crippen molar-refractivity contribution in [3.63, 3.8) is 0 Å². The fourth-order valence-electron chi connectivity index (χ4n) is 3.66. The summed E-state index contributed by atoms with van der Waals surface area (Å²) >= 11 is 0. The third-order valence-corrected chi connectivity index (χ3v) is 7.69. The molecule has 2 aliphatic rings. The maximum atomic E-state index is 13.0. The van der Waals surface area contributed by atoms with Gasteiger partial charge in [0.05, 0.1) is 11.4 Å². The lowest BCUT2D eigenvalue weighted by molar-refractivity contribution is -0.123. The van der Waals surface area contributed by atoms with Gasteiger partial charge in [-0.05, 0) is 55.4 Å². The number of amides is 1. The van der Waals surface area contributed by atoms with E-state index in [1.54, 1.807) is 10.4 Å². The van der Waals surface area contributed by atoms with E-state index in [4.69, 9.17) is 0 Å². The second-order valence-electron chi connectivity index (χ2n) is 8.06. The standard InChI is InChI=1S/C20H31N3O3S/c1-15(2)16(3)21-20(24)14-22-9-11-23(12-10-22)27(25,26)19-8-7-17-5-4-6-18(17)13-19/h7-8,13,15-16H,4-6,9-12,14H2,1-3H3,(H,21,24)/t16-/m1/s1. The van der Waals surface area contributed by atoms with Crippen molar-refractivity contribution in [2.24, 2.45) is 5.92 Å². The number of aryl methyl sites for hydroxylation is 2. The number of nitrogens with one attached hydrogen (secondary N) is 1. The highest BCUT2D eigenvalue weighted by atomic mass is 32.2. The Morgan fingerprint density at radius 2 is 1.74 bits per heavy atom. The quantitative estimate of drug-likeness (QED) is 0.798. The summed E-state index contributed by atoms with van der Waals surface area (Å²) in [4.78, 5) is 14.6. The van der Waals surface area contributed by atoms with Crippen molar-refractivity contribution in [1.29, 1.82) is 0 Å². The highest BCUT2D eigenvalue weighted by Crippen LogP contribution is 2.26. The van der Waals surface area contributed by atoms with Crippen LogP contribution in [0.3, 0.4) is 0 Å². The molecule has 7 heteroatoms. The summed E-state index contributed by atoms with van der Waals surface area (Å²) in [7, 11) is -3.46. The minimum absolute atomic E-state index is 0.00568. The first-order valence-corrected chi connectivity index (χ1v) is 11.3. The van der Waals surface area contributed by atoms with Gasteiger partial charge in [-0.2, -0.15) is 4.31 Å². The molecule has 1 aliphatic heterocycles. The largest absolute Gasteiger partial charge is 0.352 e. The number of hydrogen-bond acceptors (Lipinski definition) is 4. The molecule has 0 radical (unpaired) electrons. The summed E-state index contributed by atoms with van der Waals surface area (Å²) in [6.07, 6.45) is 3.12. The van der Waals surface area contributed by atoms with Crippen LogP contribution in [0.4, 0.5) is 0 Å². The number of carbonyl (C=O) groups is 1. The van der Waals surface area contributed by atoms with Crippen LogP contribution in [0.15, 0.2) is 23.1 Å². The van der Waals surface area contributed by atoms with E-state index in [1.807, 2.05) is 24.0 Å². The van der Waals surface area contributed by atoms with E-state index in [-0.39, 0.29) is 11.9 Å². The molecule has 6 nitrogen and oxygen atoms in total. The molecule has 150 valence electrons. The zero-order valence-corrected chi connectivity index (χ0v) is 17.4. The van der Waals surface area contributed by atoms with E-state index in [0.29, 0.717) is 43.5 Å². The molecule has 3 rings (SSSR count). The van der Waals surface area contributed by atoms with Gasteiger partial charge in [-0.1, -0.05) is 19.9 Å². The molecule has 1 aromatic rings. The summed E-state index contributed by atoms with van der Waals surface area (Å²) in [6, 6.07) is 5.70. The second-order valence-corrected chi connectivity index (χ2v) is 10.0. The maximum absolute atomic E-state index is 13.0. The molecule has 0 aromatic heterocycles. The Hall–Kier alpha value is -1.44. The van der Waals surface area contributed by atoms with Gasteiger partial charge < -0.3 is 5.32 Å². The minimum atomic E-state index is -3.46. The van der Waals surface area contributed by atoms with Crippen LogP contribution in [0.2, 0.25) is 0 Å². The van der Waals surface area contributed by atoms with E-state index in [0.717, 1.165) is 19.3 Å². The van der Waals surface area contributed by atoms with Crippen LogP contribution in [0.5, 0.6) is 0 Å². The van der Waals surface area contributed by atoms with E-state index in [9.17, 15) is 13.2 Å². The molecular formula is C20H31N3O3S. The van der Waals surface area contributed by atoms with Gasteiger partial charge in [0, 0.05) is 32.2 Å². The molecule has 27 heavy (non-hydrogen) atoms. The summed E-state index contributed by atoms with van der Waals surface area (Å²) < 4.78 is 27.5. The van der Waals surface area contributed by atoms with Crippen molar-refractivity contribution in [3.8, 4) is 0 Å². The SMILES string of the molecule is CC(C)[C@@H](C)NC(=O)CN1CCN(S(=O)(=O)c2ccc3c(c2)CCC3)CC1. The minimum Gasteiger partial charge on any atom is -0.352 e. The number of nitrogens with zero attached hydrogens (tertiary/aromatic N) is 2. The number of sulfonamides is 1. The first-order valence-electron chi connectivity index (χ1n) is 9.91. The molecular weight excluding hydrogens is 362 g/mol.